The van der Waals surface area contributed by atoms with Crippen LogP contribution in [-0.2, 0) is 13.0 Å². The molecule has 5 heteroatoms. The van der Waals surface area contributed by atoms with Crippen LogP contribution < -0.4 is 10.6 Å². The normalized spacial score (nSPS) is 10.9. The number of anilines is 1. The van der Waals surface area contributed by atoms with Crippen molar-refractivity contribution in [3.05, 3.63) is 47.8 Å². The number of nitrogens with two attached hydrogens (primary N) is 1. The molecule has 2 N–H and O–H groups in total. The van der Waals surface area contributed by atoms with Gasteiger partial charge in [0, 0.05) is 44.4 Å². The van der Waals surface area contributed by atoms with Crippen molar-refractivity contribution >= 4 is 5.69 Å². The van der Waals surface area contributed by atoms with Gasteiger partial charge in [-0.3, -0.25) is 4.98 Å². The molecule has 0 aliphatic rings. The van der Waals surface area contributed by atoms with Crippen molar-refractivity contribution in [2.75, 3.05) is 18.5 Å². The summed E-state index contributed by atoms with van der Waals surface area (Å²) in [6.07, 6.45) is 4.58. The van der Waals surface area contributed by atoms with Crippen LogP contribution >= 0.6 is 0 Å². The molecule has 0 saturated carbocycles. The molecule has 0 aliphatic carbocycles. The number of hydrogen-bond acceptors (Lipinski definition) is 5. The van der Waals surface area contributed by atoms with Crippen molar-refractivity contribution < 1.29 is 0 Å². The van der Waals surface area contributed by atoms with E-state index in [1.807, 2.05) is 37.6 Å². The molecule has 0 bridgehead atoms. The zero-order chi connectivity index (χ0) is 15.2. The Hall–Kier alpha value is -2.01. The first kappa shape index (κ1) is 15.4. The highest BCUT2D eigenvalue weighted by atomic mass is 15.1. The first-order chi connectivity index (χ1) is 10.1. The van der Waals surface area contributed by atoms with Crippen LogP contribution in [0.25, 0.3) is 0 Å². The molecule has 0 atom stereocenters. The summed E-state index contributed by atoms with van der Waals surface area (Å²) in [5, 5.41) is 0. The van der Waals surface area contributed by atoms with Crippen LogP contribution in [0.3, 0.4) is 0 Å². The average Bonchev–Trinajstić information content (AvgIpc) is 2.52. The van der Waals surface area contributed by atoms with Gasteiger partial charge < -0.3 is 10.6 Å². The lowest BCUT2D eigenvalue weighted by molar-refractivity contribution is 0.746. The van der Waals surface area contributed by atoms with Crippen LogP contribution in [0.5, 0.6) is 0 Å². The average molecular weight is 285 g/mol. The van der Waals surface area contributed by atoms with Gasteiger partial charge in [-0.15, -0.1) is 0 Å². The van der Waals surface area contributed by atoms with Crippen LogP contribution in [0.2, 0.25) is 0 Å². The maximum absolute atomic E-state index is 5.84. The second kappa shape index (κ2) is 7.13. The maximum atomic E-state index is 5.84. The summed E-state index contributed by atoms with van der Waals surface area (Å²) in [6.45, 7) is 5.44. The fraction of sp³-hybridized carbons (Fsp3) is 0.438. The van der Waals surface area contributed by atoms with Crippen molar-refractivity contribution in [1.82, 2.24) is 15.0 Å². The van der Waals surface area contributed by atoms with Gasteiger partial charge in [0.15, 0.2) is 0 Å². The fourth-order valence-electron chi connectivity index (χ4n) is 2.12. The van der Waals surface area contributed by atoms with Gasteiger partial charge in [-0.2, -0.15) is 0 Å². The van der Waals surface area contributed by atoms with Crippen LogP contribution in [0.4, 0.5) is 5.69 Å². The molecule has 0 aliphatic heterocycles. The summed E-state index contributed by atoms with van der Waals surface area (Å²) in [7, 11) is 2.04. The summed E-state index contributed by atoms with van der Waals surface area (Å²) in [6, 6.07) is 5.97. The first-order valence-corrected chi connectivity index (χ1v) is 7.28. The third kappa shape index (κ3) is 3.98. The second-order valence-electron chi connectivity index (χ2n) is 5.41. The molecular weight excluding hydrogens is 262 g/mol. The van der Waals surface area contributed by atoms with E-state index in [1.54, 1.807) is 0 Å². The number of hydrogen-bond donors (Lipinski definition) is 1. The van der Waals surface area contributed by atoms with Gasteiger partial charge in [-0.25, -0.2) is 9.97 Å². The molecule has 0 fully saturated rings. The number of pyridine rings is 1. The molecule has 2 aromatic heterocycles. The van der Waals surface area contributed by atoms with Crippen molar-refractivity contribution in [1.29, 1.82) is 0 Å². The SMILES string of the molecule is CC(C)c1ncc(N(C)CCc2ccccn2)c(CN)n1. The monoisotopic (exact) mass is 285 g/mol. The van der Waals surface area contributed by atoms with E-state index in [-0.39, 0.29) is 0 Å². The van der Waals surface area contributed by atoms with Gasteiger partial charge >= 0.3 is 0 Å². The molecule has 2 heterocycles. The molecule has 0 unspecified atom stereocenters. The topological polar surface area (TPSA) is 67.9 Å². The largest absolute Gasteiger partial charge is 0.371 e. The smallest absolute Gasteiger partial charge is 0.131 e. The molecule has 0 aromatic carbocycles. The van der Waals surface area contributed by atoms with Crippen molar-refractivity contribution in [3.8, 4) is 0 Å². The molecule has 5 nitrogen and oxygen atoms in total. The second-order valence-corrected chi connectivity index (χ2v) is 5.41. The third-order valence-electron chi connectivity index (χ3n) is 3.41. The van der Waals surface area contributed by atoms with E-state index in [0.717, 1.165) is 35.9 Å². The van der Waals surface area contributed by atoms with Gasteiger partial charge in [0.25, 0.3) is 0 Å². The molecule has 112 valence electrons. The fourth-order valence-corrected chi connectivity index (χ4v) is 2.12. The Morgan fingerprint density at radius 1 is 1.24 bits per heavy atom. The highest BCUT2D eigenvalue weighted by molar-refractivity contribution is 5.48. The minimum atomic E-state index is 0.308. The molecule has 21 heavy (non-hydrogen) atoms. The predicted octanol–water partition coefficient (Wildman–Crippen LogP) is 2.13. The molecule has 0 spiro atoms. The predicted molar refractivity (Wildman–Crippen MR) is 85.2 cm³/mol. The summed E-state index contributed by atoms with van der Waals surface area (Å²) in [5.41, 5.74) is 8.82. The molecule has 0 amide bonds. The van der Waals surface area contributed by atoms with Crippen LogP contribution in [-0.4, -0.2) is 28.5 Å². The Morgan fingerprint density at radius 3 is 2.67 bits per heavy atom. The number of nitrogens with zero attached hydrogens (tertiary/aromatic N) is 4. The van der Waals surface area contributed by atoms with E-state index in [4.69, 9.17) is 5.73 Å². The van der Waals surface area contributed by atoms with Crippen molar-refractivity contribution in [2.24, 2.45) is 5.73 Å². The van der Waals surface area contributed by atoms with E-state index in [9.17, 15) is 0 Å². The van der Waals surface area contributed by atoms with Crippen molar-refractivity contribution in [3.63, 3.8) is 0 Å². The summed E-state index contributed by atoms with van der Waals surface area (Å²) in [4.78, 5) is 15.5. The van der Waals surface area contributed by atoms with Gasteiger partial charge in [-0.1, -0.05) is 19.9 Å². The molecular formula is C16H23N5. The highest BCUT2D eigenvalue weighted by Gasteiger charge is 2.12. The number of rotatable bonds is 6. The summed E-state index contributed by atoms with van der Waals surface area (Å²) >= 11 is 0. The Labute approximate surface area is 126 Å². The highest BCUT2D eigenvalue weighted by Crippen LogP contribution is 2.19. The Kier molecular flexibility index (Phi) is 5.22. The van der Waals surface area contributed by atoms with Gasteiger partial charge in [0.05, 0.1) is 17.6 Å². The van der Waals surface area contributed by atoms with Gasteiger partial charge in [-0.05, 0) is 12.1 Å². The number of aromatic nitrogens is 3. The minimum Gasteiger partial charge on any atom is -0.371 e. The molecule has 2 rings (SSSR count). The lowest BCUT2D eigenvalue weighted by atomic mass is 10.2. The Morgan fingerprint density at radius 2 is 2.05 bits per heavy atom. The Balaban J connectivity index is 2.09. The summed E-state index contributed by atoms with van der Waals surface area (Å²) in [5.74, 6) is 1.15. The van der Waals surface area contributed by atoms with E-state index in [1.165, 1.54) is 0 Å². The maximum Gasteiger partial charge on any atom is 0.131 e. The van der Waals surface area contributed by atoms with E-state index < -0.39 is 0 Å². The van der Waals surface area contributed by atoms with E-state index >= 15 is 0 Å². The number of likely N-dealkylation sites (N-methyl/N-ethyl adjacent to an activating group) is 1. The minimum absolute atomic E-state index is 0.308. The third-order valence-corrected chi connectivity index (χ3v) is 3.41. The molecule has 2 aromatic rings. The van der Waals surface area contributed by atoms with Gasteiger partial charge in [0.1, 0.15) is 5.82 Å². The lowest BCUT2D eigenvalue weighted by Gasteiger charge is -2.21. The van der Waals surface area contributed by atoms with E-state index in [2.05, 4.69) is 33.7 Å². The Bertz CT molecular complexity index is 568. The van der Waals surface area contributed by atoms with Gasteiger partial charge in [0.2, 0.25) is 0 Å². The quantitative estimate of drug-likeness (QED) is 0.880. The zero-order valence-corrected chi connectivity index (χ0v) is 13.0. The van der Waals surface area contributed by atoms with Crippen LogP contribution in [0.15, 0.2) is 30.6 Å². The summed E-state index contributed by atoms with van der Waals surface area (Å²) < 4.78 is 0. The van der Waals surface area contributed by atoms with Crippen LogP contribution in [0.1, 0.15) is 37.0 Å². The standard InChI is InChI=1S/C16H23N5/c1-12(2)16-19-11-15(14(10-17)20-16)21(3)9-7-13-6-4-5-8-18-13/h4-6,8,11-12H,7,9-10,17H2,1-3H3. The zero-order valence-electron chi connectivity index (χ0n) is 13.0. The molecule has 0 saturated heterocycles. The van der Waals surface area contributed by atoms with E-state index in [0.29, 0.717) is 12.5 Å². The first-order valence-electron chi connectivity index (χ1n) is 7.28. The van der Waals surface area contributed by atoms with Crippen molar-refractivity contribution in [2.45, 2.75) is 32.7 Å². The van der Waals surface area contributed by atoms with Crippen LogP contribution in [0, 0.1) is 0 Å². The molecule has 0 radical (unpaired) electrons. The lowest BCUT2D eigenvalue weighted by Crippen LogP contribution is -2.24.